The molecule has 1 fully saturated rings. The lowest BCUT2D eigenvalue weighted by Crippen LogP contribution is -2.26. The Bertz CT molecular complexity index is 942. The fourth-order valence-corrected chi connectivity index (χ4v) is 3.13. The Labute approximate surface area is 142 Å². The van der Waals surface area contributed by atoms with E-state index in [1.807, 2.05) is 13.8 Å². The summed E-state index contributed by atoms with van der Waals surface area (Å²) in [4.78, 5) is 8.53. The molecule has 3 aromatic rings. The van der Waals surface area contributed by atoms with Crippen molar-refractivity contribution in [2.75, 3.05) is 11.9 Å². The lowest BCUT2D eigenvalue weighted by molar-refractivity contribution is 0.107. The highest BCUT2D eigenvalue weighted by Gasteiger charge is 2.31. The molecule has 0 bridgehead atoms. The molecule has 130 valence electrons. The van der Waals surface area contributed by atoms with Crippen LogP contribution in [0.5, 0.6) is 0 Å². The van der Waals surface area contributed by atoms with Crippen LogP contribution >= 0.6 is 0 Å². The van der Waals surface area contributed by atoms with Crippen molar-refractivity contribution in [2.24, 2.45) is 0 Å². The summed E-state index contributed by atoms with van der Waals surface area (Å²) in [6, 6.07) is 3.77. The second-order valence-corrected chi connectivity index (χ2v) is 6.15. The summed E-state index contributed by atoms with van der Waals surface area (Å²) in [5.74, 6) is -0.450. The molecule has 3 heterocycles. The Morgan fingerprint density at radius 1 is 1.24 bits per heavy atom. The summed E-state index contributed by atoms with van der Waals surface area (Å²) in [5.41, 5.74) is 2.41. The molecule has 8 heteroatoms. The largest absolute Gasteiger partial charge is 0.371 e. The fraction of sp³-hybridized carbons (Fsp3) is 0.353. The van der Waals surface area contributed by atoms with Crippen LogP contribution in [0.15, 0.2) is 24.5 Å². The molecule has 0 amide bonds. The third kappa shape index (κ3) is 2.72. The van der Waals surface area contributed by atoms with Gasteiger partial charge in [-0.1, -0.05) is 6.07 Å². The third-order valence-corrected chi connectivity index (χ3v) is 4.59. The van der Waals surface area contributed by atoms with E-state index in [2.05, 4.69) is 20.4 Å². The number of ether oxygens (including phenoxy) is 1. The van der Waals surface area contributed by atoms with Crippen molar-refractivity contribution in [1.82, 2.24) is 19.6 Å². The Hall–Kier alpha value is -2.61. The van der Waals surface area contributed by atoms with Crippen molar-refractivity contribution >= 4 is 11.6 Å². The molecule has 0 spiro atoms. The molecule has 0 saturated carbocycles. The average molecular weight is 345 g/mol. The van der Waals surface area contributed by atoms with Crippen LogP contribution in [0.25, 0.3) is 5.78 Å². The van der Waals surface area contributed by atoms with Crippen LogP contribution in [0.1, 0.15) is 29.3 Å². The SMILES string of the molecule is Cc1nc2ncnn2c(NC2CCOC2c2ccc(F)c(F)c2)c1C. The molecule has 4 rings (SSSR count). The van der Waals surface area contributed by atoms with Crippen molar-refractivity contribution in [2.45, 2.75) is 32.4 Å². The number of hydrogen-bond acceptors (Lipinski definition) is 5. The Balaban J connectivity index is 1.69. The van der Waals surface area contributed by atoms with E-state index in [9.17, 15) is 8.78 Å². The standard InChI is InChI=1S/C17H17F2N5O/c1-9-10(2)22-17-20-8-21-24(17)16(9)23-14-5-6-25-15(14)11-3-4-12(18)13(19)7-11/h3-4,7-8,14-15,23H,5-6H2,1-2H3. The molecule has 1 saturated heterocycles. The van der Waals surface area contributed by atoms with E-state index in [0.29, 0.717) is 17.9 Å². The van der Waals surface area contributed by atoms with Crippen molar-refractivity contribution in [1.29, 1.82) is 0 Å². The van der Waals surface area contributed by atoms with Gasteiger partial charge < -0.3 is 10.1 Å². The number of halogens is 2. The van der Waals surface area contributed by atoms with E-state index in [-0.39, 0.29) is 12.1 Å². The summed E-state index contributed by atoms with van der Waals surface area (Å²) in [6.07, 6.45) is 1.81. The van der Waals surface area contributed by atoms with Gasteiger partial charge in [0.2, 0.25) is 0 Å². The van der Waals surface area contributed by atoms with Gasteiger partial charge >= 0.3 is 0 Å². The first-order valence-corrected chi connectivity index (χ1v) is 8.04. The number of nitrogens with zero attached hydrogens (tertiary/aromatic N) is 4. The first-order chi connectivity index (χ1) is 12.0. The second kappa shape index (κ2) is 6.03. The van der Waals surface area contributed by atoms with Gasteiger partial charge in [0, 0.05) is 17.9 Å². The van der Waals surface area contributed by atoms with Crippen LogP contribution in [-0.2, 0) is 4.74 Å². The molecular weight excluding hydrogens is 328 g/mol. The molecule has 1 N–H and O–H groups in total. The van der Waals surface area contributed by atoms with Gasteiger partial charge in [-0.05, 0) is 38.0 Å². The minimum absolute atomic E-state index is 0.0993. The smallest absolute Gasteiger partial charge is 0.254 e. The van der Waals surface area contributed by atoms with Crippen LogP contribution in [0.3, 0.4) is 0 Å². The molecule has 2 aromatic heterocycles. The van der Waals surface area contributed by atoms with Crippen LogP contribution in [0.4, 0.5) is 14.6 Å². The number of anilines is 1. The quantitative estimate of drug-likeness (QED) is 0.791. The lowest BCUT2D eigenvalue weighted by atomic mass is 10.0. The van der Waals surface area contributed by atoms with Crippen LogP contribution in [-0.4, -0.2) is 32.2 Å². The van der Waals surface area contributed by atoms with Gasteiger partial charge in [0.25, 0.3) is 5.78 Å². The van der Waals surface area contributed by atoms with Gasteiger partial charge in [-0.3, -0.25) is 0 Å². The van der Waals surface area contributed by atoms with E-state index < -0.39 is 11.6 Å². The molecule has 0 radical (unpaired) electrons. The number of benzene rings is 1. The van der Waals surface area contributed by atoms with E-state index in [1.165, 1.54) is 12.4 Å². The number of aromatic nitrogens is 4. The fourth-order valence-electron chi connectivity index (χ4n) is 3.13. The Morgan fingerprint density at radius 3 is 2.88 bits per heavy atom. The maximum atomic E-state index is 13.6. The molecule has 25 heavy (non-hydrogen) atoms. The highest BCUT2D eigenvalue weighted by Crippen LogP contribution is 2.33. The first kappa shape index (κ1) is 15.9. The topological polar surface area (TPSA) is 64.3 Å². The Kier molecular flexibility index (Phi) is 3.84. The van der Waals surface area contributed by atoms with Crippen LogP contribution < -0.4 is 5.32 Å². The van der Waals surface area contributed by atoms with Crippen molar-refractivity contribution in [3.8, 4) is 0 Å². The first-order valence-electron chi connectivity index (χ1n) is 8.04. The van der Waals surface area contributed by atoms with E-state index >= 15 is 0 Å². The van der Waals surface area contributed by atoms with Gasteiger partial charge in [-0.25, -0.2) is 13.8 Å². The summed E-state index contributed by atoms with van der Waals surface area (Å²) in [5, 5.41) is 7.66. The number of nitrogens with one attached hydrogen (secondary N) is 1. The number of aryl methyl sites for hydroxylation is 1. The number of hydrogen-bond donors (Lipinski definition) is 1. The molecule has 2 atom stereocenters. The van der Waals surface area contributed by atoms with Crippen molar-refractivity contribution in [3.05, 3.63) is 53.0 Å². The average Bonchev–Trinajstić information content (AvgIpc) is 3.23. The predicted molar refractivity (Wildman–Crippen MR) is 87.3 cm³/mol. The van der Waals surface area contributed by atoms with Crippen LogP contribution in [0.2, 0.25) is 0 Å². The number of rotatable bonds is 3. The molecule has 0 aliphatic carbocycles. The summed E-state index contributed by atoms with van der Waals surface area (Å²) in [7, 11) is 0. The maximum absolute atomic E-state index is 13.6. The zero-order chi connectivity index (χ0) is 17.6. The molecular formula is C17H17F2N5O. The van der Waals surface area contributed by atoms with E-state index in [4.69, 9.17) is 4.74 Å². The van der Waals surface area contributed by atoms with Gasteiger partial charge in [0.1, 0.15) is 18.2 Å². The van der Waals surface area contributed by atoms with Gasteiger partial charge in [-0.15, -0.1) is 0 Å². The van der Waals surface area contributed by atoms with Crippen molar-refractivity contribution in [3.63, 3.8) is 0 Å². The normalized spacial score (nSPS) is 20.3. The van der Waals surface area contributed by atoms with Gasteiger partial charge in [-0.2, -0.15) is 14.6 Å². The zero-order valence-electron chi connectivity index (χ0n) is 13.8. The minimum atomic E-state index is -0.874. The van der Waals surface area contributed by atoms with E-state index in [0.717, 1.165) is 29.6 Å². The van der Waals surface area contributed by atoms with Crippen LogP contribution in [0, 0.1) is 25.5 Å². The van der Waals surface area contributed by atoms with Crippen molar-refractivity contribution < 1.29 is 13.5 Å². The zero-order valence-corrected chi connectivity index (χ0v) is 13.8. The monoisotopic (exact) mass is 345 g/mol. The van der Waals surface area contributed by atoms with E-state index in [1.54, 1.807) is 10.6 Å². The molecule has 1 aliphatic rings. The highest BCUT2D eigenvalue weighted by molar-refractivity contribution is 5.52. The van der Waals surface area contributed by atoms with Gasteiger partial charge in [0.15, 0.2) is 11.6 Å². The highest BCUT2D eigenvalue weighted by atomic mass is 19.2. The Morgan fingerprint density at radius 2 is 2.08 bits per heavy atom. The molecule has 1 aliphatic heterocycles. The second-order valence-electron chi connectivity index (χ2n) is 6.15. The number of fused-ring (bicyclic) bond motifs is 1. The van der Waals surface area contributed by atoms with Gasteiger partial charge in [0.05, 0.1) is 6.04 Å². The lowest BCUT2D eigenvalue weighted by Gasteiger charge is -2.23. The molecule has 1 aromatic carbocycles. The maximum Gasteiger partial charge on any atom is 0.254 e. The summed E-state index contributed by atoms with van der Waals surface area (Å²) < 4.78 is 34.2. The summed E-state index contributed by atoms with van der Waals surface area (Å²) >= 11 is 0. The molecule has 6 nitrogen and oxygen atoms in total. The predicted octanol–water partition coefficient (Wildman–Crippen LogP) is 2.96. The molecule has 2 unspecified atom stereocenters. The summed E-state index contributed by atoms with van der Waals surface area (Å²) in [6.45, 7) is 4.40. The minimum Gasteiger partial charge on any atom is -0.371 e. The third-order valence-electron chi connectivity index (χ3n) is 4.59.